The summed E-state index contributed by atoms with van der Waals surface area (Å²) in [6.45, 7) is 0.589. The number of carbonyl (C=O) groups is 1. The molecule has 0 saturated heterocycles. The van der Waals surface area contributed by atoms with E-state index in [0.29, 0.717) is 11.0 Å². The van der Waals surface area contributed by atoms with Crippen LogP contribution in [0, 0.1) is 5.82 Å². The van der Waals surface area contributed by atoms with Gasteiger partial charge in [0.25, 0.3) is 0 Å². The minimum absolute atomic E-state index is 0.0456. The Morgan fingerprint density at radius 1 is 1.50 bits per heavy atom. The molecule has 1 aromatic rings. The van der Waals surface area contributed by atoms with Gasteiger partial charge in [-0.3, -0.25) is 4.79 Å². The molecule has 0 unspecified atom stereocenters. The first-order chi connectivity index (χ1) is 7.43. The fraction of sp³-hybridized carbons (Fsp3) is 0.364. The molecule has 1 aromatic carbocycles. The highest BCUT2D eigenvalue weighted by molar-refractivity contribution is 9.10. The van der Waals surface area contributed by atoms with Crippen LogP contribution in [-0.2, 0) is 0 Å². The second kappa shape index (κ2) is 5.75. The topological polar surface area (TPSA) is 20.3 Å². The Morgan fingerprint density at radius 3 is 2.69 bits per heavy atom. The molecule has 0 aliphatic carbocycles. The second-order valence-corrected chi connectivity index (χ2v) is 4.93. The van der Waals surface area contributed by atoms with E-state index in [9.17, 15) is 9.18 Å². The minimum Gasteiger partial charge on any atom is -0.309 e. The monoisotopic (exact) mass is 307 g/mol. The van der Waals surface area contributed by atoms with Crippen LogP contribution in [0.25, 0.3) is 0 Å². The molecule has 1 rings (SSSR count). The summed E-state index contributed by atoms with van der Waals surface area (Å²) in [5, 5.41) is -0.0456. The zero-order valence-corrected chi connectivity index (χ0v) is 11.4. The van der Waals surface area contributed by atoms with Crippen LogP contribution in [0.2, 0.25) is 5.02 Å². The van der Waals surface area contributed by atoms with Crippen LogP contribution in [0.1, 0.15) is 16.8 Å². The zero-order chi connectivity index (χ0) is 12.3. The number of hydrogen-bond acceptors (Lipinski definition) is 2. The van der Waals surface area contributed by atoms with Crippen molar-refractivity contribution in [1.29, 1.82) is 0 Å². The second-order valence-electron chi connectivity index (χ2n) is 3.70. The van der Waals surface area contributed by atoms with Gasteiger partial charge >= 0.3 is 0 Å². The summed E-state index contributed by atoms with van der Waals surface area (Å²) in [7, 11) is 3.72. The third-order valence-electron chi connectivity index (χ3n) is 2.12. The van der Waals surface area contributed by atoms with Crippen LogP contribution < -0.4 is 0 Å². The van der Waals surface area contributed by atoms with E-state index in [1.807, 2.05) is 19.0 Å². The van der Waals surface area contributed by atoms with Crippen molar-refractivity contribution in [3.05, 3.63) is 33.0 Å². The Morgan fingerprint density at radius 2 is 2.12 bits per heavy atom. The number of hydrogen-bond donors (Lipinski definition) is 0. The molecule has 0 spiro atoms. The van der Waals surface area contributed by atoms with Gasteiger partial charge in [-0.05, 0) is 42.2 Å². The van der Waals surface area contributed by atoms with E-state index in [4.69, 9.17) is 11.6 Å². The van der Waals surface area contributed by atoms with Crippen molar-refractivity contribution in [1.82, 2.24) is 4.90 Å². The average Bonchev–Trinajstić information content (AvgIpc) is 2.23. The number of nitrogens with zero attached hydrogens (tertiary/aromatic N) is 1. The molecule has 0 amide bonds. The molecule has 0 aliphatic heterocycles. The van der Waals surface area contributed by atoms with E-state index in [-0.39, 0.29) is 22.8 Å². The van der Waals surface area contributed by atoms with Crippen molar-refractivity contribution in [2.24, 2.45) is 0 Å². The molecule has 5 heteroatoms. The molecule has 0 N–H and O–H groups in total. The Labute approximate surface area is 108 Å². The summed E-state index contributed by atoms with van der Waals surface area (Å²) >= 11 is 8.81. The molecular weight excluding hydrogens is 296 g/mol. The molecule has 0 saturated carbocycles. The minimum atomic E-state index is -0.653. The highest BCUT2D eigenvalue weighted by Gasteiger charge is 2.16. The van der Waals surface area contributed by atoms with Gasteiger partial charge < -0.3 is 4.90 Å². The van der Waals surface area contributed by atoms with Crippen LogP contribution >= 0.6 is 27.5 Å². The molecule has 0 heterocycles. The van der Waals surface area contributed by atoms with Gasteiger partial charge in [-0.2, -0.15) is 0 Å². The molecule has 0 fully saturated rings. The van der Waals surface area contributed by atoms with Crippen molar-refractivity contribution in [2.45, 2.75) is 6.42 Å². The summed E-state index contributed by atoms with van der Waals surface area (Å²) in [6.07, 6.45) is 0.280. The lowest BCUT2D eigenvalue weighted by atomic mass is 10.1. The van der Waals surface area contributed by atoms with Crippen molar-refractivity contribution in [3.63, 3.8) is 0 Å². The molecule has 0 atom stereocenters. The number of rotatable bonds is 4. The fourth-order valence-electron chi connectivity index (χ4n) is 1.20. The lowest BCUT2D eigenvalue weighted by Gasteiger charge is -2.09. The highest BCUT2D eigenvalue weighted by Crippen LogP contribution is 2.28. The van der Waals surface area contributed by atoms with E-state index in [2.05, 4.69) is 15.9 Å². The van der Waals surface area contributed by atoms with Crippen LogP contribution in [0.3, 0.4) is 0 Å². The third-order valence-corrected chi connectivity index (χ3v) is 3.38. The average molecular weight is 309 g/mol. The third kappa shape index (κ3) is 3.27. The van der Waals surface area contributed by atoms with Gasteiger partial charge in [0.15, 0.2) is 11.6 Å². The van der Waals surface area contributed by atoms with Gasteiger partial charge in [0, 0.05) is 17.4 Å². The van der Waals surface area contributed by atoms with E-state index in [1.165, 1.54) is 6.07 Å². The van der Waals surface area contributed by atoms with Crippen molar-refractivity contribution < 1.29 is 9.18 Å². The van der Waals surface area contributed by atoms with Gasteiger partial charge in [0.05, 0.1) is 10.6 Å². The quantitative estimate of drug-likeness (QED) is 0.628. The molecule has 0 aliphatic rings. The van der Waals surface area contributed by atoms with Gasteiger partial charge in [-0.1, -0.05) is 11.6 Å². The molecule has 16 heavy (non-hydrogen) atoms. The predicted molar refractivity (Wildman–Crippen MR) is 66.6 cm³/mol. The van der Waals surface area contributed by atoms with Crippen molar-refractivity contribution in [3.8, 4) is 0 Å². The molecule has 0 radical (unpaired) electrons. The number of halogens is 3. The number of carbonyl (C=O) groups excluding carboxylic acids is 1. The van der Waals surface area contributed by atoms with Crippen LogP contribution in [-0.4, -0.2) is 31.3 Å². The highest BCUT2D eigenvalue weighted by atomic mass is 79.9. The predicted octanol–water partition coefficient (Wildman–Crippen LogP) is 3.38. The Balaban J connectivity index is 2.88. The number of Topliss-reactive ketones (excluding diaryl/α,β-unsaturated/α-hetero) is 1. The molecule has 88 valence electrons. The Bertz CT molecular complexity index is 409. The zero-order valence-electron chi connectivity index (χ0n) is 9.06. The summed E-state index contributed by atoms with van der Waals surface area (Å²) < 4.78 is 14.1. The van der Waals surface area contributed by atoms with E-state index in [0.717, 1.165) is 0 Å². The van der Waals surface area contributed by atoms with Crippen LogP contribution in [0.5, 0.6) is 0 Å². The standard InChI is InChI=1S/C11H12BrClFNO/c1-15(2)6-5-9(16)7-3-4-8(12)10(13)11(7)14/h3-4H,5-6H2,1-2H3. The number of benzene rings is 1. The summed E-state index contributed by atoms with van der Waals surface area (Å²) in [6, 6.07) is 3.03. The largest absolute Gasteiger partial charge is 0.309 e. The summed E-state index contributed by atoms with van der Waals surface area (Å²) in [5.74, 6) is -0.889. The smallest absolute Gasteiger partial charge is 0.167 e. The molecule has 2 nitrogen and oxygen atoms in total. The molecular formula is C11H12BrClFNO. The summed E-state index contributed by atoms with van der Waals surface area (Å²) in [4.78, 5) is 13.6. The first-order valence-corrected chi connectivity index (χ1v) is 5.92. The van der Waals surface area contributed by atoms with Crippen molar-refractivity contribution in [2.75, 3.05) is 20.6 Å². The van der Waals surface area contributed by atoms with Gasteiger partial charge in [-0.15, -0.1) is 0 Å². The van der Waals surface area contributed by atoms with E-state index in [1.54, 1.807) is 6.07 Å². The maximum absolute atomic E-state index is 13.6. The molecule has 0 aromatic heterocycles. The van der Waals surface area contributed by atoms with Gasteiger partial charge in [-0.25, -0.2) is 4.39 Å². The Hall–Kier alpha value is -0.450. The SMILES string of the molecule is CN(C)CCC(=O)c1ccc(Br)c(Cl)c1F. The molecule has 0 bridgehead atoms. The first-order valence-electron chi connectivity index (χ1n) is 4.75. The van der Waals surface area contributed by atoms with E-state index < -0.39 is 5.82 Å². The van der Waals surface area contributed by atoms with Crippen LogP contribution in [0.4, 0.5) is 4.39 Å². The lowest BCUT2D eigenvalue weighted by Crippen LogP contribution is -2.17. The Kier molecular flexibility index (Phi) is 4.89. The number of ketones is 1. The van der Waals surface area contributed by atoms with Crippen LogP contribution in [0.15, 0.2) is 16.6 Å². The van der Waals surface area contributed by atoms with Gasteiger partial charge in [0.2, 0.25) is 0 Å². The maximum atomic E-state index is 13.6. The fourth-order valence-corrected chi connectivity index (χ4v) is 1.67. The lowest BCUT2D eigenvalue weighted by molar-refractivity contribution is 0.0968. The first kappa shape index (κ1) is 13.6. The maximum Gasteiger partial charge on any atom is 0.167 e. The summed E-state index contributed by atoms with van der Waals surface area (Å²) in [5.41, 5.74) is 0.0510. The van der Waals surface area contributed by atoms with Crippen molar-refractivity contribution >= 4 is 33.3 Å². The van der Waals surface area contributed by atoms with Gasteiger partial charge in [0.1, 0.15) is 0 Å². The van der Waals surface area contributed by atoms with E-state index >= 15 is 0 Å². The normalized spacial score (nSPS) is 10.9.